The second-order valence-corrected chi connectivity index (χ2v) is 6.12. The van der Waals surface area contributed by atoms with Crippen LogP contribution in [0.4, 0.5) is 0 Å². The van der Waals surface area contributed by atoms with E-state index in [9.17, 15) is 13.2 Å². The number of sulfonamides is 1. The van der Waals surface area contributed by atoms with Gasteiger partial charge in [-0.2, -0.15) is 0 Å². The van der Waals surface area contributed by atoms with Gasteiger partial charge in [0, 0.05) is 31.3 Å². The van der Waals surface area contributed by atoms with Gasteiger partial charge < -0.3 is 4.74 Å². The van der Waals surface area contributed by atoms with Gasteiger partial charge in [-0.25, -0.2) is 13.1 Å². The van der Waals surface area contributed by atoms with Crippen molar-refractivity contribution in [3.05, 3.63) is 30.1 Å². The van der Waals surface area contributed by atoms with Gasteiger partial charge in [0.1, 0.15) is 0 Å². The number of aromatic nitrogens is 1. The second-order valence-electron chi connectivity index (χ2n) is 4.19. The van der Waals surface area contributed by atoms with Crippen LogP contribution < -0.4 is 4.72 Å². The zero-order valence-corrected chi connectivity index (χ0v) is 12.4. The average Bonchev–Trinajstić information content (AvgIpc) is 2.43. The minimum Gasteiger partial charge on any atom is -0.466 e. The zero-order chi connectivity index (χ0) is 14.8. The predicted molar refractivity (Wildman–Crippen MR) is 75.6 cm³/mol. The normalized spacial score (nSPS) is 11.2. The molecule has 0 amide bonds. The first kappa shape index (κ1) is 16.6. The highest BCUT2D eigenvalue weighted by atomic mass is 32.2. The van der Waals surface area contributed by atoms with E-state index < -0.39 is 10.0 Å². The van der Waals surface area contributed by atoms with Crippen molar-refractivity contribution in [3.8, 4) is 0 Å². The van der Waals surface area contributed by atoms with Crippen molar-refractivity contribution in [3.63, 3.8) is 0 Å². The summed E-state index contributed by atoms with van der Waals surface area (Å²) >= 11 is 0. The predicted octanol–water partition coefficient (Wildman–Crippen LogP) is 0.887. The minimum absolute atomic E-state index is 0.0105. The van der Waals surface area contributed by atoms with Gasteiger partial charge >= 0.3 is 5.97 Å². The molecular weight excluding hydrogens is 280 g/mol. The van der Waals surface area contributed by atoms with Gasteiger partial charge in [0.25, 0.3) is 0 Å². The van der Waals surface area contributed by atoms with Crippen LogP contribution in [-0.2, 0) is 26.0 Å². The minimum atomic E-state index is -3.33. The molecule has 0 spiro atoms. The number of esters is 1. The molecule has 0 atom stereocenters. The molecule has 0 aliphatic carbocycles. The number of carbonyl (C=O) groups is 1. The SMILES string of the molecule is CCOC(=O)CCCNS(=O)(=O)CCc1ccccn1. The van der Waals surface area contributed by atoms with E-state index in [0.29, 0.717) is 19.4 Å². The van der Waals surface area contributed by atoms with Gasteiger partial charge in [-0.15, -0.1) is 0 Å². The maximum absolute atomic E-state index is 11.7. The summed E-state index contributed by atoms with van der Waals surface area (Å²) in [6.45, 7) is 2.32. The summed E-state index contributed by atoms with van der Waals surface area (Å²) in [7, 11) is -3.33. The summed E-state index contributed by atoms with van der Waals surface area (Å²) < 4.78 is 30.7. The number of hydrogen-bond acceptors (Lipinski definition) is 5. The van der Waals surface area contributed by atoms with Crippen LogP contribution in [0.25, 0.3) is 0 Å². The Bertz CT molecular complexity index is 502. The Labute approximate surface area is 119 Å². The third-order valence-electron chi connectivity index (χ3n) is 2.54. The van der Waals surface area contributed by atoms with Crippen LogP contribution in [0.15, 0.2) is 24.4 Å². The molecule has 7 heteroatoms. The van der Waals surface area contributed by atoms with Crippen LogP contribution >= 0.6 is 0 Å². The third kappa shape index (κ3) is 7.20. The number of rotatable bonds is 9. The van der Waals surface area contributed by atoms with Crippen molar-refractivity contribution in [2.45, 2.75) is 26.2 Å². The van der Waals surface area contributed by atoms with Crippen molar-refractivity contribution in [1.82, 2.24) is 9.71 Å². The number of hydrogen-bond donors (Lipinski definition) is 1. The molecular formula is C13H20N2O4S. The summed E-state index contributed by atoms with van der Waals surface area (Å²) in [6.07, 6.45) is 2.65. The third-order valence-corrected chi connectivity index (χ3v) is 3.92. The highest BCUT2D eigenvalue weighted by Crippen LogP contribution is 1.98. The van der Waals surface area contributed by atoms with Gasteiger partial charge in [0.15, 0.2) is 0 Å². The highest BCUT2D eigenvalue weighted by Gasteiger charge is 2.10. The Balaban J connectivity index is 2.23. The Morgan fingerprint density at radius 2 is 2.20 bits per heavy atom. The van der Waals surface area contributed by atoms with Crippen molar-refractivity contribution >= 4 is 16.0 Å². The number of nitrogens with one attached hydrogen (secondary N) is 1. The fourth-order valence-electron chi connectivity index (χ4n) is 1.55. The second kappa shape index (κ2) is 8.65. The van der Waals surface area contributed by atoms with E-state index in [4.69, 9.17) is 4.74 Å². The van der Waals surface area contributed by atoms with Gasteiger partial charge in [-0.05, 0) is 25.5 Å². The maximum Gasteiger partial charge on any atom is 0.305 e. The number of ether oxygens (including phenoxy) is 1. The van der Waals surface area contributed by atoms with Crippen LogP contribution in [0.5, 0.6) is 0 Å². The highest BCUT2D eigenvalue weighted by molar-refractivity contribution is 7.89. The Morgan fingerprint density at radius 3 is 2.85 bits per heavy atom. The molecule has 0 saturated heterocycles. The molecule has 1 aromatic rings. The molecule has 0 saturated carbocycles. The molecule has 0 unspecified atom stereocenters. The van der Waals surface area contributed by atoms with Crippen molar-refractivity contribution < 1.29 is 17.9 Å². The van der Waals surface area contributed by atoms with Crippen molar-refractivity contribution in [2.24, 2.45) is 0 Å². The molecule has 0 aliphatic rings. The van der Waals surface area contributed by atoms with E-state index in [2.05, 4.69) is 9.71 Å². The smallest absolute Gasteiger partial charge is 0.305 e. The Kier molecular flexibility index (Phi) is 7.17. The van der Waals surface area contributed by atoms with Crippen LogP contribution in [-0.4, -0.2) is 38.3 Å². The maximum atomic E-state index is 11.7. The first-order valence-corrected chi connectivity index (χ1v) is 8.21. The lowest BCUT2D eigenvalue weighted by Crippen LogP contribution is -2.28. The summed E-state index contributed by atoms with van der Waals surface area (Å²) in [5.74, 6) is -0.316. The van der Waals surface area contributed by atoms with Crippen LogP contribution in [0, 0.1) is 0 Å². The molecule has 0 bridgehead atoms. The fraction of sp³-hybridized carbons (Fsp3) is 0.538. The van der Waals surface area contributed by atoms with E-state index in [0.717, 1.165) is 5.69 Å². The first-order valence-electron chi connectivity index (χ1n) is 6.56. The van der Waals surface area contributed by atoms with Crippen LogP contribution in [0.3, 0.4) is 0 Å². The van der Waals surface area contributed by atoms with Gasteiger partial charge in [0.2, 0.25) is 10.0 Å². The van der Waals surface area contributed by atoms with E-state index in [1.54, 1.807) is 25.3 Å². The zero-order valence-electron chi connectivity index (χ0n) is 11.5. The van der Waals surface area contributed by atoms with Gasteiger partial charge in [-0.3, -0.25) is 9.78 Å². The van der Waals surface area contributed by atoms with Crippen molar-refractivity contribution in [1.29, 1.82) is 0 Å². The van der Waals surface area contributed by atoms with Crippen LogP contribution in [0.1, 0.15) is 25.5 Å². The molecule has 1 aromatic heterocycles. The van der Waals surface area contributed by atoms with E-state index in [-0.39, 0.29) is 24.7 Å². The summed E-state index contributed by atoms with van der Waals surface area (Å²) in [6, 6.07) is 5.39. The standard InChI is InChI=1S/C13H20N2O4S/c1-2-19-13(16)7-5-10-15-20(17,18)11-8-12-6-3-4-9-14-12/h3-4,6,9,15H,2,5,7-8,10-11H2,1H3. The number of pyridine rings is 1. The first-order chi connectivity index (χ1) is 9.53. The Hall–Kier alpha value is -1.47. The Morgan fingerprint density at radius 1 is 1.40 bits per heavy atom. The van der Waals surface area contributed by atoms with E-state index in [1.165, 1.54) is 0 Å². The molecule has 6 nitrogen and oxygen atoms in total. The number of carbonyl (C=O) groups excluding carboxylic acids is 1. The lowest BCUT2D eigenvalue weighted by atomic mass is 10.3. The summed E-state index contributed by atoms with van der Waals surface area (Å²) in [5, 5.41) is 0. The molecule has 1 heterocycles. The van der Waals surface area contributed by atoms with Crippen molar-refractivity contribution in [2.75, 3.05) is 18.9 Å². The van der Waals surface area contributed by atoms with Gasteiger partial charge in [0.05, 0.1) is 12.4 Å². The molecule has 0 aliphatic heterocycles. The molecule has 1 rings (SSSR count). The largest absolute Gasteiger partial charge is 0.466 e. The number of nitrogens with zero attached hydrogens (tertiary/aromatic N) is 1. The fourth-order valence-corrected chi connectivity index (χ4v) is 2.63. The van der Waals surface area contributed by atoms with Gasteiger partial charge in [-0.1, -0.05) is 6.07 Å². The van der Waals surface area contributed by atoms with E-state index >= 15 is 0 Å². The molecule has 20 heavy (non-hydrogen) atoms. The quantitative estimate of drug-likeness (QED) is 0.540. The van der Waals surface area contributed by atoms with Crippen LogP contribution in [0.2, 0.25) is 0 Å². The lowest BCUT2D eigenvalue weighted by molar-refractivity contribution is -0.143. The monoisotopic (exact) mass is 300 g/mol. The van der Waals surface area contributed by atoms with E-state index in [1.807, 2.05) is 6.07 Å². The molecule has 0 aromatic carbocycles. The lowest BCUT2D eigenvalue weighted by Gasteiger charge is -2.06. The average molecular weight is 300 g/mol. The number of aryl methyl sites for hydroxylation is 1. The molecule has 0 fully saturated rings. The topological polar surface area (TPSA) is 85.4 Å². The molecule has 112 valence electrons. The summed E-state index contributed by atoms with van der Waals surface area (Å²) in [4.78, 5) is 15.1. The molecule has 1 N–H and O–H groups in total. The molecule has 0 radical (unpaired) electrons. The summed E-state index contributed by atoms with van der Waals surface area (Å²) in [5.41, 5.74) is 0.740.